The Kier molecular flexibility index (Phi) is 7.69. The Morgan fingerprint density at radius 1 is 0.912 bits per heavy atom. The highest BCUT2D eigenvalue weighted by Crippen LogP contribution is 2.30. The maximum absolute atomic E-state index is 12.9. The monoisotopic (exact) mass is 487 g/mol. The van der Waals surface area contributed by atoms with Crippen molar-refractivity contribution < 1.29 is 27.5 Å². The molecule has 2 aromatic carbocycles. The minimum Gasteiger partial charge on any atom is -0.485 e. The molecule has 0 radical (unpaired) electrons. The van der Waals surface area contributed by atoms with E-state index in [2.05, 4.69) is 10.9 Å². The summed E-state index contributed by atoms with van der Waals surface area (Å²) in [5.74, 6) is 0.167. The van der Waals surface area contributed by atoms with E-state index in [-0.39, 0.29) is 23.8 Å². The maximum atomic E-state index is 12.9. The summed E-state index contributed by atoms with van der Waals surface area (Å²) in [5, 5.41) is 0. The minimum atomic E-state index is -3.50. The predicted octanol–water partition coefficient (Wildman–Crippen LogP) is 2.17. The summed E-state index contributed by atoms with van der Waals surface area (Å²) in [6.45, 7) is 1.16. The van der Waals surface area contributed by atoms with Gasteiger partial charge in [0, 0.05) is 19.5 Å². The van der Waals surface area contributed by atoms with E-state index in [1.54, 1.807) is 46.8 Å². The molecule has 2 aliphatic rings. The fraction of sp³-hybridized carbons (Fsp3) is 0.417. The van der Waals surface area contributed by atoms with Crippen LogP contribution in [0.5, 0.6) is 11.5 Å². The number of hydrogen-bond donors (Lipinski definition) is 2. The first-order valence-electron chi connectivity index (χ1n) is 11.5. The topological polar surface area (TPSA) is 114 Å². The second-order valence-corrected chi connectivity index (χ2v) is 10.3. The van der Waals surface area contributed by atoms with Crippen molar-refractivity contribution in [3.05, 3.63) is 54.1 Å². The van der Waals surface area contributed by atoms with Gasteiger partial charge in [0.15, 0.2) is 11.5 Å². The van der Waals surface area contributed by atoms with Gasteiger partial charge in [-0.1, -0.05) is 37.1 Å². The Bertz CT molecular complexity index is 1110. The molecule has 1 atom stereocenters. The van der Waals surface area contributed by atoms with Gasteiger partial charge in [0.05, 0.1) is 4.90 Å². The van der Waals surface area contributed by atoms with E-state index >= 15 is 0 Å². The summed E-state index contributed by atoms with van der Waals surface area (Å²) >= 11 is 0. The zero-order valence-electron chi connectivity index (χ0n) is 18.9. The van der Waals surface area contributed by atoms with Crippen LogP contribution in [0, 0.1) is 0 Å². The molecule has 2 aliphatic heterocycles. The molecule has 0 spiro atoms. The molecule has 10 heteroatoms. The molecular formula is C24H29N3O6S. The van der Waals surface area contributed by atoms with Gasteiger partial charge in [0.1, 0.15) is 6.61 Å². The van der Waals surface area contributed by atoms with E-state index in [0.29, 0.717) is 31.0 Å². The number of carbonyl (C=O) groups is 2. The fourth-order valence-electron chi connectivity index (χ4n) is 3.94. The fourth-order valence-corrected chi connectivity index (χ4v) is 5.46. The number of para-hydroxylation sites is 2. The Morgan fingerprint density at radius 2 is 1.59 bits per heavy atom. The number of rotatable bonds is 6. The molecule has 1 fully saturated rings. The summed E-state index contributed by atoms with van der Waals surface area (Å²) in [5.41, 5.74) is 5.57. The van der Waals surface area contributed by atoms with Crippen molar-refractivity contribution in [3.63, 3.8) is 0 Å². The molecule has 0 bridgehead atoms. The van der Waals surface area contributed by atoms with Crippen LogP contribution < -0.4 is 20.3 Å². The Labute approximate surface area is 199 Å². The lowest BCUT2D eigenvalue weighted by Gasteiger charge is -2.25. The summed E-state index contributed by atoms with van der Waals surface area (Å²) in [7, 11) is -3.50. The van der Waals surface area contributed by atoms with Crippen molar-refractivity contribution >= 4 is 21.8 Å². The van der Waals surface area contributed by atoms with Crippen LogP contribution in [0.15, 0.2) is 53.4 Å². The standard InChI is InChI=1S/C24H29N3O6S/c28-23(25-26-24(29)22-17-32-20-7-3-4-8-21(20)33-22)14-11-18-9-12-19(13-10-18)34(30,31)27-15-5-1-2-6-16-27/h3-4,7-10,12-13,22H,1-2,5-6,11,14-17H2,(H,25,28)(H,26,29). The van der Waals surface area contributed by atoms with E-state index < -0.39 is 22.0 Å². The second-order valence-electron chi connectivity index (χ2n) is 8.36. The molecule has 1 saturated heterocycles. The van der Waals surface area contributed by atoms with Crippen LogP contribution >= 0.6 is 0 Å². The number of amides is 2. The summed E-state index contributed by atoms with van der Waals surface area (Å²) in [6, 6.07) is 13.7. The molecular weight excluding hydrogens is 458 g/mol. The number of ether oxygens (including phenoxy) is 2. The molecule has 2 heterocycles. The summed E-state index contributed by atoms with van der Waals surface area (Å²) in [6.07, 6.45) is 3.55. The van der Waals surface area contributed by atoms with Gasteiger partial charge in [0.25, 0.3) is 5.91 Å². The molecule has 2 N–H and O–H groups in total. The zero-order chi connectivity index (χ0) is 24.0. The van der Waals surface area contributed by atoms with E-state index in [1.807, 2.05) is 6.07 Å². The number of hydrogen-bond acceptors (Lipinski definition) is 6. The molecule has 2 amide bonds. The van der Waals surface area contributed by atoms with E-state index in [1.165, 1.54) is 0 Å². The van der Waals surface area contributed by atoms with Gasteiger partial charge in [0.2, 0.25) is 22.0 Å². The van der Waals surface area contributed by atoms with Crippen LogP contribution in [0.4, 0.5) is 0 Å². The molecule has 0 aromatic heterocycles. The average molecular weight is 488 g/mol. The van der Waals surface area contributed by atoms with Crippen LogP contribution in [0.1, 0.15) is 37.7 Å². The van der Waals surface area contributed by atoms with Crippen LogP contribution in [0.2, 0.25) is 0 Å². The van der Waals surface area contributed by atoms with Crippen LogP contribution in [-0.4, -0.2) is 50.3 Å². The Morgan fingerprint density at radius 3 is 2.29 bits per heavy atom. The SMILES string of the molecule is O=C(CCc1ccc(S(=O)(=O)N2CCCCCC2)cc1)NNC(=O)C1COc2ccccc2O1. The van der Waals surface area contributed by atoms with Crippen molar-refractivity contribution in [1.82, 2.24) is 15.2 Å². The van der Waals surface area contributed by atoms with Gasteiger partial charge in [-0.3, -0.25) is 20.4 Å². The van der Waals surface area contributed by atoms with Crippen molar-refractivity contribution in [2.75, 3.05) is 19.7 Å². The number of carbonyl (C=O) groups excluding carboxylic acids is 2. The number of fused-ring (bicyclic) bond motifs is 1. The van der Waals surface area contributed by atoms with Gasteiger partial charge in [-0.25, -0.2) is 8.42 Å². The number of hydrazine groups is 1. The third-order valence-electron chi connectivity index (χ3n) is 5.89. The van der Waals surface area contributed by atoms with Gasteiger partial charge >= 0.3 is 0 Å². The maximum Gasteiger partial charge on any atom is 0.283 e. The van der Waals surface area contributed by atoms with Crippen LogP contribution in [0.25, 0.3) is 0 Å². The molecule has 0 saturated carbocycles. The van der Waals surface area contributed by atoms with Crippen molar-refractivity contribution in [2.24, 2.45) is 0 Å². The highest BCUT2D eigenvalue weighted by Gasteiger charge is 2.28. The van der Waals surface area contributed by atoms with Crippen molar-refractivity contribution in [2.45, 2.75) is 49.5 Å². The van der Waals surface area contributed by atoms with Crippen LogP contribution in [0.3, 0.4) is 0 Å². The van der Waals surface area contributed by atoms with Gasteiger partial charge in [-0.2, -0.15) is 4.31 Å². The summed E-state index contributed by atoms with van der Waals surface area (Å²) < 4.78 is 38.4. The number of aryl methyl sites for hydroxylation is 1. The third-order valence-corrected chi connectivity index (χ3v) is 7.81. The first-order valence-corrected chi connectivity index (χ1v) is 12.9. The molecule has 4 rings (SSSR count). The quantitative estimate of drug-likeness (QED) is 0.604. The molecule has 2 aromatic rings. The Balaban J connectivity index is 1.23. The summed E-state index contributed by atoms with van der Waals surface area (Å²) in [4.78, 5) is 24.7. The first-order chi connectivity index (χ1) is 16.4. The normalized spacial score (nSPS) is 18.5. The van der Waals surface area contributed by atoms with E-state index in [4.69, 9.17) is 9.47 Å². The number of sulfonamides is 1. The lowest BCUT2D eigenvalue weighted by molar-refractivity contribution is -0.135. The zero-order valence-corrected chi connectivity index (χ0v) is 19.7. The second kappa shape index (κ2) is 10.9. The highest BCUT2D eigenvalue weighted by molar-refractivity contribution is 7.89. The van der Waals surface area contributed by atoms with E-state index in [0.717, 1.165) is 31.2 Å². The smallest absolute Gasteiger partial charge is 0.283 e. The average Bonchev–Trinajstić information content (AvgIpc) is 3.16. The van der Waals surface area contributed by atoms with E-state index in [9.17, 15) is 18.0 Å². The van der Waals surface area contributed by atoms with Crippen molar-refractivity contribution in [1.29, 1.82) is 0 Å². The molecule has 182 valence electrons. The highest BCUT2D eigenvalue weighted by atomic mass is 32.2. The first kappa shape index (κ1) is 24.0. The third kappa shape index (κ3) is 5.87. The minimum absolute atomic E-state index is 0.0470. The molecule has 0 aliphatic carbocycles. The Hall–Kier alpha value is -3.11. The van der Waals surface area contributed by atoms with Gasteiger partial charge < -0.3 is 9.47 Å². The lowest BCUT2D eigenvalue weighted by Crippen LogP contribution is -2.50. The predicted molar refractivity (Wildman–Crippen MR) is 125 cm³/mol. The largest absolute Gasteiger partial charge is 0.485 e. The van der Waals surface area contributed by atoms with Crippen molar-refractivity contribution in [3.8, 4) is 11.5 Å². The van der Waals surface area contributed by atoms with Crippen LogP contribution in [-0.2, 0) is 26.0 Å². The van der Waals surface area contributed by atoms with Gasteiger partial charge in [-0.05, 0) is 49.1 Å². The molecule has 9 nitrogen and oxygen atoms in total. The van der Waals surface area contributed by atoms with Gasteiger partial charge in [-0.15, -0.1) is 0 Å². The lowest BCUT2D eigenvalue weighted by atomic mass is 10.1. The molecule has 1 unspecified atom stereocenters. The number of nitrogens with one attached hydrogen (secondary N) is 2. The molecule has 34 heavy (non-hydrogen) atoms. The number of nitrogens with zero attached hydrogens (tertiary/aromatic N) is 1. The number of benzene rings is 2.